The summed E-state index contributed by atoms with van der Waals surface area (Å²) in [5, 5.41) is 9.94. The second-order valence-electron chi connectivity index (χ2n) is 4.46. The highest BCUT2D eigenvalue weighted by Gasteiger charge is 2.34. The third kappa shape index (κ3) is 2.67. The number of rotatable bonds is 5. The number of nitrogens with zero attached hydrogens (tertiary/aromatic N) is 3. The minimum absolute atomic E-state index is 0.0720. The van der Waals surface area contributed by atoms with E-state index >= 15 is 0 Å². The molecule has 0 unspecified atom stereocenters. The van der Waals surface area contributed by atoms with Gasteiger partial charge in [-0.3, -0.25) is 4.55 Å². The number of nitroso groups, excluding NO2 is 3. The van der Waals surface area contributed by atoms with E-state index in [0.29, 0.717) is 5.56 Å². The van der Waals surface area contributed by atoms with Gasteiger partial charge in [-0.1, -0.05) is 6.07 Å². The fourth-order valence-electron chi connectivity index (χ4n) is 2.13. The van der Waals surface area contributed by atoms with Gasteiger partial charge in [0.05, 0.1) is 9.79 Å². The highest BCUT2D eigenvalue weighted by molar-refractivity contribution is 8.30. The van der Waals surface area contributed by atoms with E-state index in [1.807, 2.05) is 0 Å². The Bertz CT molecular complexity index is 921. The second-order valence-corrected chi connectivity index (χ2v) is 7.81. The second kappa shape index (κ2) is 5.64. The normalized spacial score (nSPS) is 12.8. The van der Waals surface area contributed by atoms with Crippen molar-refractivity contribution in [1.82, 2.24) is 0 Å². The van der Waals surface area contributed by atoms with Gasteiger partial charge in [0.1, 0.15) is 5.75 Å². The summed E-state index contributed by atoms with van der Waals surface area (Å²) in [6, 6.07) is 4.25. The topological polar surface area (TPSA) is 163 Å². The minimum atomic E-state index is -4.69. The van der Waals surface area contributed by atoms with Gasteiger partial charge in [-0.25, -0.2) is 0 Å². The van der Waals surface area contributed by atoms with Crippen molar-refractivity contribution in [2.24, 2.45) is 13.7 Å². The predicted octanol–water partition coefficient (Wildman–Crippen LogP) is 3.31. The molecule has 0 amide bonds. The van der Waals surface area contributed by atoms with Crippen molar-refractivity contribution in [3.05, 3.63) is 44.6 Å². The number of benzene rings is 2. The minimum Gasteiger partial charge on any atom is -0.507 e. The highest BCUT2D eigenvalue weighted by atomic mass is 32.3. The first-order valence-electron chi connectivity index (χ1n) is 5.81. The summed E-state index contributed by atoms with van der Waals surface area (Å²) in [5.74, 6) is -0.537. The van der Waals surface area contributed by atoms with Gasteiger partial charge in [-0.2, -0.15) is 8.42 Å². The van der Waals surface area contributed by atoms with Crippen molar-refractivity contribution in [2.75, 3.05) is 0 Å². The number of phenols is 1. The van der Waals surface area contributed by atoms with Crippen LogP contribution in [0.5, 0.6) is 5.75 Å². The lowest BCUT2D eigenvalue weighted by molar-refractivity contribution is 0.470. The number of fused-ring (bicyclic) bond motifs is 1. The first-order chi connectivity index (χ1) is 10.7. The molecule has 0 aliphatic carbocycles. The van der Waals surface area contributed by atoms with Crippen LogP contribution in [0.25, 0.3) is 10.8 Å². The van der Waals surface area contributed by atoms with Crippen LogP contribution in [0.4, 0.5) is 0 Å². The lowest BCUT2D eigenvalue weighted by atomic mass is 10.0. The van der Waals surface area contributed by atoms with E-state index in [1.165, 1.54) is 12.1 Å². The largest absolute Gasteiger partial charge is 0.507 e. The summed E-state index contributed by atoms with van der Waals surface area (Å²) in [6.45, 7) is 1.56. The van der Waals surface area contributed by atoms with E-state index in [0.717, 1.165) is 12.1 Å². The van der Waals surface area contributed by atoms with Crippen LogP contribution >= 0.6 is 10.6 Å². The van der Waals surface area contributed by atoms with Gasteiger partial charge in [0, 0.05) is 30.6 Å². The van der Waals surface area contributed by atoms with Crippen LogP contribution in [0.15, 0.2) is 47.8 Å². The van der Waals surface area contributed by atoms with E-state index in [4.69, 9.17) is 4.55 Å². The van der Waals surface area contributed by atoms with Gasteiger partial charge >= 0.3 is 0 Å². The van der Waals surface area contributed by atoms with Crippen LogP contribution < -0.4 is 0 Å². The molecular formula is C11H9N3O7S2. The van der Waals surface area contributed by atoms with Crippen LogP contribution in [-0.4, -0.2) is 18.1 Å². The molecule has 2 aromatic rings. The molecule has 0 aliphatic rings. The number of aryl methyl sites for hydroxylation is 1. The van der Waals surface area contributed by atoms with Crippen LogP contribution in [-0.2, 0) is 10.1 Å². The molecule has 122 valence electrons. The molecule has 0 radical (unpaired) electrons. The monoisotopic (exact) mass is 359 g/mol. The molecule has 0 atom stereocenters. The maximum Gasteiger partial charge on any atom is 0.294 e. The zero-order valence-corrected chi connectivity index (χ0v) is 13.0. The Kier molecular flexibility index (Phi) is 4.15. The van der Waals surface area contributed by atoms with Crippen molar-refractivity contribution in [3.63, 3.8) is 0 Å². The first-order valence-corrected chi connectivity index (χ1v) is 8.75. The Hall–Kier alpha value is -2.44. The molecule has 0 fully saturated rings. The van der Waals surface area contributed by atoms with E-state index in [2.05, 4.69) is 13.7 Å². The molecule has 12 heteroatoms. The molecule has 0 heterocycles. The molecule has 0 aromatic heterocycles. The molecular weight excluding hydrogens is 350 g/mol. The van der Waals surface area contributed by atoms with Gasteiger partial charge in [-0.05, 0) is 24.6 Å². The maximum absolute atomic E-state index is 11.3. The Morgan fingerprint density at radius 3 is 2.04 bits per heavy atom. The zero-order chi connectivity index (χ0) is 17.4. The van der Waals surface area contributed by atoms with Crippen LogP contribution in [0, 0.1) is 21.6 Å². The molecule has 0 saturated carbocycles. The predicted molar refractivity (Wildman–Crippen MR) is 83.4 cm³/mol. The number of hydrogen-bond donors (Lipinski definition) is 2. The lowest BCUT2D eigenvalue weighted by Gasteiger charge is -2.18. The zero-order valence-electron chi connectivity index (χ0n) is 11.4. The Morgan fingerprint density at radius 1 is 1.00 bits per heavy atom. The highest BCUT2D eigenvalue weighted by Crippen LogP contribution is 2.62. The van der Waals surface area contributed by atoms with Crippen molar-refractivity contribution in [2.45, 2.75) is 16.7 Å². The van der Waals surface area contributed by atoms with E-state index in [1.54, 1.807) is 6.92 Å². The summed E-state index contributed by atoms with van der Waals surface area (Å²) in [7, 11) is -8.58. The van der Waals surface area contributed by atoms with Crippen molar-refractivity contribution in [3.8, 4) is 5.75 Å². The van der Waals surface area contributed by atoms with Crippen molar-refractivity contribution < 1.29 is 18.1 Å². The average molecular weight is 359 g/mol. The molecule has 2 rings (SSSR count). The van der Waals surface area contributed by atoms with Gasteiger partial charge in [0.25, 0.3) is 10.1 Å². The third-order valence-corrected chi connectivity index (χ3v) is 5.54. The molecule has 2 aromatic carbocycles. The molecule has 23 heavy (non-hydrogen) atoms. The Morgan fingerprint density at radius 2 is 1.57 bits per heavy atom. The smallest absolute Gasteiger partial charge is 0.294 e. The summed E-state index contributed by atoms with van der Waals surface area (Å²) in [6.07, 6.45) is 0. The quantitative estimate of drug-likeness (QED) is 0.610. The molecule has 0 spiro atoms. The summed E-state index contributed by atoms with van der Waals surface area (Å²) in [5.41, 5.74) is 0.458. The number of hydrogen-bond acceptors (Lipinski definition) is 9. The summed E-state index contributed by atoms with van der Waals surface area (Å²) >= 11 is 0. The average Bonchev–Trinajstić information content (AvgIpc) is 2.50. The fraction of sp³-hybridized carbons (Fsp3) is 0.0909. The molecule has 10 nitrogen and oxygen atoms in total. The summed E-state index contributed by atoms with van der Waals surface area (Å²) in [4.78, 5) is 31.8. The lowest BCUT2D eigenvalue weighted by Crippen LogP contribution is -2.00. The van der Waals surface area contributed by atoms with Crippen LogP contribution in [0.3, 0.4) is 0 Å². The molecule has 0 aliphatic heterocycles. The third-order valence-electron chi connectivity index (χ3n) is 3.14. The molecule has 0 bridgehead atoms. The Balaban J connectivity index is 3.06. The maximum atomic E-state index is 11.3. The standard InChI is InChI=1S/C11H9N3O7S2/c1-6-2-3-10(22(12-16,13-17)14-18)8-4-7(23(19,20)21)5-9(15)11(6)8/h2-5,15H,1H3,(H,19,20,21). The SMILES string of the molecule is Cc1ccc(S(N=O)(N=O)N=O)c2cc(S(=O)(=O)O)cc(O)c12. The van der Waals surface area contributed by atoms with Gasteiger partial charge in [-0.15, -0.1) is 14.7 Å². The van der Waals surface area contributed by atoms with Gasteiger partial charge in [0.15, 0.2) is 10.6 Å². The van der Waals surface area contributed by atoms with Gasteiger partial charge < -0.3 is 5.11 Å². The van der Waals surface area contributed by atoms with Crippen LogP contribution in [0.2, 0.25) is 0 Å². The van der Waals surface area contributed by atoms with E-state index < -0.39 is 31.3 Å². The Labute approximate surface area is 130 Å². The van der Waals surface area contributed by atoms with Crippen molar-refractivity contribution in [1.29, 1.82) is 0 Å². The van der Waals surface area contributed by atoms with E-state index in [-0.39, 0.29) is 15.7 Å². The van der Waals surface area contributed by atoms with Crippen molar-refractivity contribution >= 4 is 31.5 Å². The fourth-order valence-corrected chi connectivity index (χ4v) is 3.69. The van der Waals surface area contributed by atoms with Gasteiger partial charge in [0.2, 0.25) is 0 Å². The van der Waals surface area contributed by atoms with Crippen LogP contribution in [0.1, 0.15) is 5.56 Å². The molecule has 0 saturated heterocycles. The molecule has 2 N–H and O–H groups in total. The summed E-state index contributed by atoms with van der Waals surface area (Å²) < 4.78 is 38.9. The number of phenolic OH excluding ortho intramolecular Hbond substituents is 1. The first kappa shape index (κ1) is 16.9. The van der Waals surface area contributed by atoms with E-state index in [9.17, 15) is 28.2 Å². The number of aromatic hydroxyl groups is 1.